The van der Waals surface area contributed by atoms with Crippen LogP contribution in [0.2, 0.25) is 0 Å². The third kappa shape index (κ3) is 4.48. The minimum absolute atomic E-state index is 0.299. The number of aliphatic hydroxyl groups is 1. The first-order chi connectivity index (χ1) is 7.42. The van der Waals surface area contributed by atoms with Crippen LogP contribution in [0.3, 0.4) is 0 Å². The minimum Gasteiger partial charge on any atom is -0.466 e. The van der Waals surface area contributed by atoms with Gasteiger partial charge in [-0.15, -0.1) is 0 Å². The smallest absolute Gasteiger partial charge is 0.369 e. The van der Waals surface area contributed by atoms with E-state index in [1.807, 2.05) is 0 Å². The summed E-state index contributed by atoms with van der Waals surface area (Å²) in [6.07, 6.45) is -1.19. The van der Waals surface area contributed by atoms with Crippen molar-refractivity contribution in [2.75, 3.05) is 6.61 Å². The van der Waals surface area contributed by atoms with Crippen LogP contribution in [0.15, 0.2) is 0 Å². The van der Waals surface area contributed by atoms with Gasteiger partial charge in [-0.05, 0) is 6.42 Å². The van der Waals surface area contributed by atoms with Gasteiger partial charge in [0.1, 0.15) is 0 Å². The summed E-state index contributed by atoms with van der Waals surface area (Å²) in [5, 5.41) is 5.94. The summed E-state index contributed by atoms with van der Waals surface area (Å²) >= 11 is 0. The van der Waals surface area contributed by atoms with Crippen molar-refractivity contribution in [3.63, 3.8) is 0 Å². The molecule has 0 saturated carbocycles. The van der Waals surface area contributed by atoms with Crippen molar-refractivity contribution >= 4 is 21.2 Å². The zero-order valence-corrected chi connectivity index (χ0v) is 10.7. The molecule has 0 aliphatic carbocycles. The molecule has 0 aromatic rings. The van der Waals surface area contributed by atoms with E-state index in [4.69, 9.17) is 19.6 Å². The van der Waals surface area contributed by atoms with E-state index in [0.29, 0.717) is 0 Å². The maximum absolute atomic E-state index is 10.9. The Morgan fingerprint density at radius 3 is 1.88 bits per heavy atom. The fraction of sp³-hybridized carbons (Fsp3) is 0.833. The molecule has 0 rings (SSSR count). The SMILES string of the molecule is CC(=O)OCCCC(O)(P(=O)(O)O)P(=O)(O)O. The molecular weight excluding hydrogens is 278 g/mol. The van der Waals surface area contributed by atoms with Crippen LogP contribution in [-0.2, 0) is 18.7 Å². The molecule has 0 amide bonds. The highest BCUT2D eigenvalue weighted by molar-refractivity contribution is 7.72. The summed E-state index contributed by atoms with van der Waals surface area (Å²) in [7, 11) is -10.8. The average molecular weight is 292 g/mol. The fourth-order valence-corrected chi connectivity index (χ4v) is 3.24. The highest BCUT2D eigenvalue weighted by atomic mass is 31.2. The number of hydrogen-bond donors (Lipinski definition) is 5. The van der Waals surface area contributed by atoms with Crippen LogP contribution in [0, 0.1) is 0 Å². The van der Waals surface area contributed by atoms with Crippen LogP contribution in [0.25, 0.3) is 0 Å². The summed E-state index contributed by atoms with van der Waals surface area (Å²) in [6, 6.07) is 0. The second-order valence-corrected chi connectivity index (χ2v) is 7.31. The molecule has 0 heterocycles. The maximum atomic E-state index is 10.9. The van der Waals surface area contributed by atoms with Crippen molar-refractivity contribution < 1.29 is 43.3 Å². The van der Waals surface area contributed by atoms with Crippen molar-refractivity contribution in [2.45, 2.75) is 24.8 Å². The van der Waals surface area contributed by atoms with E-state index >= 15 is 0 Å². The van der Waals surface area contributed by atoms with E-state index in [1.54, 1.807) is 0 Å². The van der Waals surface area contributed by atoms with Crippen LogP contribution >= 0.6 is 15.2 Å². The molecule has 17 heavy (non-hydrogen) atoms. The number of carbonyl (C=O) groups is 1. The average Bonchev–Trinajstić information content (AvgIpc) is 2.07. The molecule has 0 fully saturated rings. The Morgan fingerprint density at radius 1 is 1.18 bits per heavy atom. The maximum Gasteiger partial charge on any atom is 0.369 e. The zero-order chi connectivity index (χ0) is 13.9. The lowest BCUT2D eigenvalue weighted by Gasteiger charge is -2.28. The lowest BCUT2D eigenvalue weighted by atomic mass is 10.3. The summed E-state index contributed by atoms with van der Waals surface area (Å²) in [5.41, 5.74) is 0. The zero-order valence-electron chi connectivity index (χ0n) is 8.88. The summed E-state index contributed by atoms with van der Waals surface area (Å²) in [6.45, 7) is 0.788. The quantitative estimate of drug-likeness (QED) is 0.243. The van der Waals surface area contributed by atoms with Gasteiger partial charge in [-0.2, -0.15) is 0 Å². The highest BCUT2D eigenvalue weighted by Gasteiger charge is 2.58. The molecule has 5 N–H and O–H groups in total. The first kappa shape index (κ1) is 16.7. The molecule has 102 valence electrons. The molecule has 0 unspecified atom stereocenters. The largest absolute Gasteiger partial charge is 0.466 e. The third-order valence-corrected chi connectivity index (χ3v) is 5.77. The molecule has 0 saturated heterocycles. The summed E-state index contributed by atoms with van der Waals surface area (Å²) in [5.74, 6) is -0.652. The van der Waals surface area contributed by atoms with E-state index < -0.39 is 32.7 Å². The van der Waals surface area contributed by atoms with Crippen molar-refractivity contribution in [1.82, 2.24) is 0 Å². The molecular formula is C6H14O9P2. The minimum atomic E-state index is -5.42. The van der Waals surface area contributed by atoms with Crippen molar-refractivity contribution in [3.05, 3.63) is 0 Å². The van der Waals surface area contributed by atoms with Crippen LogP contribution in [0.4, 0.5) is 0 Å². The highest BCUT2D eigenvalue weighted by Crippen LogP contribution is 2.69. The monoisotopic (exact) mass is 292 g/mol. The second-order valence-electron chi connectivity index (χ2n) is 3.31. The topological polar surface area (TPSA) is 162 Å². The Bertz CT molecular complexity index is 344. The first-order valence-electron chi connectivity index (χ1n) is 4.39. The fourth-order valence-electron chi connectivity index (χ4n) is 0.986. The van der Waals surface area contributed by atoms with Gasteiger partial charge in [0.05, 0.1) is 6.61 Å². The number of carbonyl (C=O) groups excluding carboxylic acids is 1. The molecule has 0 atom stereocenters. The summed E-state index contributed by atoms with van der Waals surface area (Å²) in [4.78, 5) is 45.3. The molecule has 0 radical (unpaired) electrons. The number of ether oxygens (including phenoxy) is 1. The van der Waals surface area contributed by atoms with Gasteiger partial charge in [0.2, 0.25) is 0 Å². The van der Waals surface area contributed by atoms with Gasteiger partial charge >= 0.3 is 21.2 Å². The molecule has 0 bridgehead atoms. The Morgan fingerprint density at radius 2 is 1.59 bits per heavy atom. The van der Waals surface area contributed by atoms with Gasteiger partial charge in [0, 0.05) is 13.3 Å². The van der Waals surface area contributed by atoms with Crippen LogP contribution in [-0.4, -0.2) is 42.3 Å². The van der Waals surface area contributed by atoms with Crippen molar-refractivity contribution in [3.8, 4) is 0 Å². The molecule has 9 nitrogen and oxygen atoms in total. The Balaban J connectivity index is 4.72. The van der Waals surface area contributed by atoms with E-state index in [-0.39, 0.29) is 13.0 Å². The number of hydrogen-bond acceptors (Lipinski definition) is 5. The van der Waals surface area contributed by atoms with E-state index in [0.717, 1.165) is 6.92 Å². The second kappa shape index (κ2) is 5.58. The van der Waals surface area contributed by atoms with Gasteiger partial charge < -0.3 is 29.4 Å². The van der Waals surface area contributed by atoms with Crippen LogP contribution in [0.5, 0.6) is 0 Å². The van der Waals surface area contributed by atoms with E-state index in [2.05, 4.69) is 4.74 Å². The van der Waals surface area contributed by atoms with Gasteiger partial charge in [0.25, 0.3) is 5.08 Å². The lowest BCUT2D eigenvalue weighted by molar-refractivity contribution is -0.141. The van der Waals surface area contributed by atoms with Gasteiger partial charge in [-0.3, -0.25) is 13.9 Å². The Labute approximate surface area is 96.7 Å². The predicted octanol–water partition coefficient (Wildman–Crippen LogP) is -0.669. The number of rotatable bonds is 6. The molecule has 0 aliphatic rings. The Kier molecular flexibility index (Phi) is 5.49. The van der Waals surface area contributed by atoms with Gasteiger partial charge in [-0.1, -0.05) is 0 Å². The molecule has 0 spiro atoms. The van der Waals surface area contributed by atoms with Crippen LogP contribution < -0.4 is 0 Å². The van der Waals surface area contributed by atoms with Crippen LogP contribution in [0.1, 0.15) is 19.8 Å². The lowest BCUT2D eigenvalue weighted by Crippen LogP contribution is -2.29. The third-order valence-electron chi connectivity index (χ3n) is 1.89. The Hall–Kier alpha value is -0.270. The van der Waals surface area contributed by atoms with Crippen molar-refractivity contribution in [2.24, 2.45) is 0 Å². The summed E-state index contributed by atoms with van der Waals surface area (Å²) < 4.78 is 26.2. The van der Waals surface area contributed by atoms with Gasteiger partial charge in [0.15, 0.2) is 0 Å². The first-order valence-corrected chi connectivity index (χ1v) is 7.61. The predicted molar refractivity (Wildman–Crippen MR) is 54.9 cm³/mol. The van der Waals surface area contributed by atoms with Gasteiger partial charge in [-0.25, -0.2) is 0 Å². The van der Waals surface area contributed by atoms with E-state index in [9.17, 15) is 19.0 Å². The van der Waals surface area contributed by atoms with E-state index in [1.165, 1.54) is 0 Å². The standard InChI is InChI=1S/C6H14O9P2/c1-5(7)15-4-2-3-6(8,16(9,10)11)17(12,13)14/h8H,2-4H2,1H3,(H2,9,10,11)(H2,12,13,14). The molecule has 0 aromatic heterocycles. The number of esters is 1. The van der Waals surface area contributed by atoms with Crippen molar-refractivity contribution in [1.29, 1.82) is 0 Å². The molecule has 0 aromatic carbocycles. The normalized spacial score (nSPS) is 13.5. The molecule has 0 aliphatic heterocycles. The molecule has 11 heteroatoms.